The minimum Gasteiger partial charge on any atom is -0.484 e. The van der Waals surface area contributed by atoms with E-state index in [1.165, 1.54) is 0 Å². The van der Waals surface area contributed by atoms with Crippen molar-refractivity contribution in [3.8, 4) is 5.75 Å². The van der Waals surface area contributed by atoms with E-state index in [4.69, 9.17) is 9.47 Å². The van der Waals surface area contributed by atoms with E-state index in [-0.39, 0.29) is 24.6 Å². The molecule has 23 heavy (non-hydrogen) atoms. The molecule has 126 valence electrons. The van der Waals surface area contributed by atoms with Crippen molar-refractivity contribution in [1.29, 1.82) is 0 Å². The maximum absolute atomic E-state index is 11.9. The number of rotatable bonds is 5. The molecule has 1 aromatic rings. The first-order valence-corrected chi connectivity index (χ1v) is 8.75. The van der Waals surface area contributed by atoms with Gasteiger partial charge in [0.25, 0.3) is 5.91 Å². The Balaban J connectivity index is 1.68. The molecule has 0 radical (unpaired) electrons. The Morgan fingerprint density at radius 3 is 2.52 bits per heavy atom. The lowest BCUT2D eigenvalue weighted by Gasteiger charge is -2.31. The molecule has 7 heteroatoms. The highest BCUT2D eigenvalue weighted by molar-refractivity contribution is 14.1. The summed E-state index contributed by atoms with van der Waals surface area (Å²) in [5.41, 5.74) is 0. The highest BCUT2D eigenvalue weighted by Crippen LogP contribution is 2.14. The van der Waals surface area contributed by atoms with Crippen LogP contribution in [-0.2, 0) is 9.53 Å². The molecule has 0 atom stereocenters. The van der Waals surface area contributed by atoms with E-state index in [9.17, 15) is 9.59 Å². The van der Waals surface area contributed by atoms with Crippen LogP contribution in [0.1, 0.15) is 19.8 Å². The Hall–Kier alpha value is -1.51. The van der Waals surface area contributed by atoms with Crippen LogP contribution >= 0.6 is 22.6 Å². The van der Waals surface area contributed by atoms with E-state index in [1.54, 1.807) is 11.8 Å². The molecule has 2 rings (SSSR count). The third kappa shape index (κ3) is 5.89. The van der Waals surface area contributed by atoms with Gasteiger partial charge in [-0.1, -0.05) is 0 Å². The third-order valence-corrected chi connectivity index (χ3v) is 4.29. The molecule has 0 spiro atoms. The van der Waals surface area contributed by atoms with Gasteiger partial charge in [0.1, 0.15) is 5.75 Å². The first-order valence-electron chi connectivity index (χ1n) is 7.68. The van der Waals surface area contributed by atoms with Gasteiger partial charge in [-0.2, -0.15) is 0 Å². The lowest BCUT2D eigenvalue weighted by Crippen LogP contribution is -2.47. The molecule has 0 bridgehead atoms. The number of hydrogen-bond acceptors (Lipinski definition) is 4. The number of carbonyl (C=O) groups is 2. The molecule has 0 unspecified atom stereocenters. The van der Waals surface area contributed by atoms with Crippen LogP contribution in [0.5, 0.6) is 5.75 Å². The number of likely N-dealkylation sites (tertiary alicyclic amines) is 1. The van der Waals surface area contributed by atoms with Crippen LogP contribution in [0.2, 0.25) is 0 Å². The normalized spacial score (nSPS) is 15.1. The predicted molar refractivity (Wildman–Crippen MR) is 94.4 cm³/mol. The van der Waals surface area contributed by atoms with Crippen LogP contribution in [-0.4, -0.2) is 49.2 Å². The second-order valence-electron chi connectivity index (χ2n) is 5.27. The average molecular weight is 432 g/mol. The number of carbonyl (C=O) groups excluding carboxylic acids is 2. The van der Waals surface area contributed by atoms with Crippen molar-refractivity contribution in [2.24, 2.45) is 0 Å². The minimum atomic E-state index is -0.278. The zero-order valence-electron chi connectivity index (χ0n) is 13.1. The maximum Gasteiger partial charge on any atom is 0.409 e. The molecule has 1 fully saturated rings. The Morgan fingerprint density at radius 1 is 1.26 bits per heavy atom. The summed E-state index contributed by atoms with van der Waals surface area (Å²) in [6.07, 6.45) is 1.18. The number of amides is 2. The van der Waals surface area contributed by atoms with Crippen molar-refractivity contribution in [2.45, 2.75) is 25.8 Å². The minimum absolute atomic E-state index is 0.00131. The summed E-state index contributed by atoms with van der Waals surface area (Å²) in [5, 5.41) is 2.95. The summed E-state index contributed by atoms with van der Waals surface area (Å²) >= 11 is 2.21. The fourth-order valence-corrected chi connectivity index (χ4v) is 2.73. The highest BCUT2D eigenvalue weighted by atomic mass is 127. The van der Waals surface area contributed by atoms with E-state index < -0.39 is 0 Å². The predicted octanol–water partition coefficient (Wildman–Crippen LogP) is 2.41. The summed E-state index contributed by atoms with van der Waals surface area (Å²) in [6.45, 7) is 3.37. The van der Waals surface area contributed by atoms with E-state index in [0.717, 1.165) is 16.4 Å². The number of halogens is 1. The third-order valence-electron chi connectivity index (χ3n) is 3.57. The first kappa shape index (κ1) is 17.8. The van der Waals surface area contributed by atoms with Gasteiger partial charge >= 0.3 is 6.09 Å². The van der Waals surface area contributed by atoms with E-state index in [2.05, 4.69) is 27.9 Å². The molecule has 1 aliphatic heterocycles. The van der Waals surface area contributed by atoms with Crippen LogP contribution in [0.4, 0.5) is 4.79 Å². The summed E-state index contributed by atoms with van der Waals surface area (Å²) in [6, 6.07) is 7.62. The molecule has 1 N–H and O–H groups in total. The molecule has 1 aliphatic rings. The van der Waals surface area contributed by atoms with E-state index in [1.807, 2.05) is 24.3 Å². The average Bonchev–Trinajstić information content (AvgIpc) is 2.55. The van der Waals surface area contributed by atoms with Crippen molar-refractivity contribution in [3.63, 3.8) is 0 Å². The molecule has 1 aromatic carbocycles. The topological polar surface area (TPSA) is 67.9 Å². The van der Waals surface area contributed by atoms with E-state index in [0.29, 0.717) is 25.4 Å². The maximum atomic E-state index is 11.9. The number of hydrogen-bond donors (Lipinski definition) is 1. The van der Waals surface area contributed by atoms with Crippen LogP contribution < -0.4 is 10.1 Å². The van der Waals surface area contributed by atoms with Gasteiger partial charge in [-0.15, -0.1) is 0 Å². The van der Waals surface area contributed by atoms with Gasteiger partial charge < -0.3 is 19.7 Å². The van der Waals surface area contributed by atoms with Gasteiger partial charge in [0, 0.05) is 22.7 Å². The number of piperidine rings is 1. The quantitative estimate of drug-likeness (QED) is 0.726. The Labute approximate surface area is 149 Å². The van der Waals surface area contributed by atoms with Gasteiger partial charge in [0.2, 0.25) is 0 Å². The molecule has 1 saturated heterocycles. The molecule has 0 aliphatic carbocycles. The summed E-state index contributed by atoms with van der Waals surface area (Å²) in [5.74, 6) is 0.538. The lowest BCUT2D eigenvalue weighted by atomic mass is 10.1. The Kier molecular flexibility index (Phi) is 6.94. The summed E-state index contributed by atoms with van der Waals surface area (Å²) in [4.78, 5) is 25.2. The van der Waals surface area contributed by atoms with E-state index >= 15 is 0 Å². The van der Waals surface area contributed by atoms with Gasteiger partial charge in [-0.05, 0) is 66.6 Å². The summed E-state index contributed by atoms with van der Waals surface area (Å²) < 4.78 is 11.5. The second-order valence-corrected chi connectivity index (χ2v) is 6.52. The zero-order valence-corrected chi connectivity index (χ0v) is 15.2. The van der Waals surface area contributed by atoms with Crippen LogP contribution in [0.25, 0.3) is 0 Å². The standard InChI is InChI=1S/C16H21IN2O4/c1-2-22-16(21)19-9-7-13(8-10-19)18-15(20)11-23-14-5-3-12(17)4-6-14/h3-6,13H,2,7-11H2,1H3,(H,18,20). The number of benzene rings is 1. The van der Waals surface area contributed by atoms with Crippen molar-refractivity contribution in [1.82, 2.24) is 10.2 Å². The molecule has 6 nitrogen and oxygen atoms in total. The molecular formula is C16H21IN2O4. The van der Waals surface area contributed by atoms with Gasteiger partial charge in [-0.25, -0.2) is 4.79 Å². The fraction of sp³-hybridized carbons (Fsp3) is 0.500. The largest absolute Gasteiger partial charge is 0.484 e. The number of ether oxygens (including phenoxy) is 2. The Bertz CT molecular complexity index is 527. The number of nitrogens with one attached hydrogen (secondary N) is 1. The molecule has 0 aromatic heterocycles. The smallest absolute Gasteiger partial charge is 0.409 e. The molecule has 2 amide bonds. The van der Waals surface area contributed by atoms with Crippen LogP contribution in [0, 0.1) is 3.57 Å². The van der Waals surface area contributed by atoms with Crippen molar-refractivity contribution in [3.05, 3.63) is 27.8 Å². The summed E-state index contributed by atoms with van der Waals surface area (Å²) in [7, 11) is 0. The van der Waals surface area contributed by atoms with Gasteiger partial charge in [0.05, 0.1) is 6.61 Å². The second kappa shape index (κ2) is 8.95. The van der Waals surface area contributed by atoms with Crippen LogP contribution in [0.15, 0.2) is 24.3 Å². The van der Waals surface area contributed by atoms with Gasteiger partial charge in [-0.3, -0.25) is 4.79 Å². The molecular weight excluding hydrogens is 411 g/mol. The van der Waals surface area contributed by atoms with Crippen molar-refractivity contribution >= 4 is 34.6 Å². The fourth-order valence-electron chi connectivity index (χ4n) is 2.37. The monoisotopic (exact) mass is 432 g/mol. The van der Waals surface area contributed by atoms with Crippen LogP contribution in [0.3, 0.4) is 0 Å². The van der Waals surface area contributed by atoms with Crippen molar-refractivity contribution < 1.29 is 19.1 Å². The first-order chi connectivity index (χ1) is 11.1. The highest BCUT2D eigenvalue weighted by Gasteiger charge is 2.24. The van der Waals surface area contributed by atoms with Gasteiger partial charge in [0.15, 0.2) is 6.61 Å². The lowest BCUT2D eigenvalue weighted by molar-refractivity contribution is -0.124. The Morgan fingerprint density at radius 2 is 1.91 bits per heavy atom. The zero-order chi connectivity index (χ0) is 16.7. The molecule has 0 saturated carbocycles. The SMILES string of the molecule is CCOC(=O)N1CCC(NC(=O)COc2ccc(I)cc2)CC1. The van der Waals surface area contributed by atoms with Crippen molar-refractivity contribution in [2.75, 3.05) is 26.3 Å². The number of nitrogens with zero attached hydrogens (tertiary/aromatic N) is 1. The molecule has 1 heterocycles.